The molecule has 0 spiro atoms. The molecule has 0 amide bonds. The number of rotatable bonds is 11. The molecular weight excluding hydrogens is 236 g/mol. The minimum Gasteiger partial charge on any atom is -0.381 e. The summed E-state index contributed by atoms with van der Waals surface area (Å²) in [6.07, 6.45) is 1.08. The molecule has 0 heterocycles. The van der Waals surface area contributed by atoms with Gasteiger partial charge >= 0.3 is 0 Å². The van der Waals surface area contributed by atoms with E-state index in [4.69, 9.17) is 9.99 Å². The summed E-state index contributed by atoms with van der Waals surface area (Å²) in [4.78, 5) is 0. The maximum absolute atomic E-state index is 7.84. The molecule has 0 atom stereocenters. The fraction of sp³-hybridized carbons (Fsp3) is 1.00. The van der Waals surface area contributed by atoms with E-state index in [9.17, 15) is 0 Å². The third-order valence-electron chi connectivity index (χ3n) is 1.42. The van der Waals surface area contributed by atoms with Gasteiger partial charge in [-0.2, -0.15) is 11.8 Å². The quantitative estimate of drug-likeness (QED) is 0.265. The molecule has 0 rings (SSSR count). The summed E-state index contributed by atoms with van der Waals surface area (Å²) >= 11 is 2.95. The fourth-order valence-electron chi connectivity index (χ4n) is 0.833. The van der Waals surface area contributed by atoms with Gasteiger partial charge in [0.05, 0.1) is 0 Å². The number of thioether (sulfide) groups is 1. The van der Waals surface area contributed by atoms with Crippen molar-refractivity contribution < 1.29 is 19.4 Å². The average Bonchev–Trinajstić information content (AvgIpc) is 2.20. The van der Waals surface area contributed by atoms with Crippen LogP contribution < -0.4 is 0 Å². The van der Waals surface area contributed by atoms with Gasteiger partial charge in [-0.15, -0.1) is 4.33 Å². The predicted octanol–water partition coefficient (Wildman–Crippen LogP) is 2.85. The Labute approximate surface area is 100 Å². The third-order valence-corrected chi connectivity index (χ3v) is 3.27. The van der Waals surface area contributed by atoms with Crippen molar-refractivity contribution >= 4 is 23.8 Å². The van der Waals surface area contributed by atoms with Gasteiger partial charge < -0.3 is 4.74 Å². The van der Waals surface area contributed by atoms with Gasteiger partial charge in [-0.25, -0.2) is 5.26 Å². The summed E-state index contributed by atoms with van der Waals surface area (Å²) in [7, 11) is 0. The molecule has 0 aromatic heterocycles. The Bertz CT molecular complexity index is 125. The average molecular weight is 256 g/mol. The highest BCUT2D eigenvalue weighted by Gasteiger charge is 1.95. The molecule has 0 aromatic carbocycles. The largest absolute Gasteiger partial charge is 0.381 e. The summed E-state index contributed by atoms with van der Waals surface area (Å²) in [5.74, 6) is 3.50. The summed E-state index contributed by atoms with van der Waals surface area (Å²) in [6.45, 7) is 5.99. The molecule has 0 aromatic rings. The first-order chi connectivity index (χ1) is 7.27. The lowest BCUT2D eigenvalue weighted by Crippen LogP contribution is -2.03. The van der Waals surface area contributed by atoms with Gasteiger partial charge in [0.1, 0.15) is 0 Å². The van der Waals surface area contributed by atoms with Gasteiger partial charge in [0.25, 0.3) is 0 Å². The summed E-state index contributed by atoms with van der Waals surface area (Å²) in [6, 6.07) is 0. The van der Waals surface area contributed by atoms with E-state index >= 15 is 0 Å². The molecule has 6 heteroatoms. The second-order valence-electron chi connectivity index (χ2n) is 3.40. The zero-order valence-electron chi connectivity index (χ0n) is 9.31. The van der Waals surface area contributed by atoms with Crippen LogP contribution in [0.3, 0.4) is 0 Å². The smallest absolute Gasteiger partial charge is 0.0488 e. The SMILES string of the molecule is CC(C)COCCCSCCSOOO. The first kappa shape index (κ1) is 15.5. The first-order valence-corrected chi connectivity index (χ1v) is 7.09. The lowest BCUT2D eigenvalue weighted by Gasteiger charge is -2.06. The molecule has 92 valence electrons. The Morgan fingerprint density at radius 3 is 2.67 bits per heavy atom. The van der Waals surface area contributed by atoms with Crippen molar-refractivity contribution in [1.29, 1.82) is 0 Å². The molecule has 0 aliphatic rings. The van der Waals surface area contributed by atoms with E-state index < -0.39 is 0 Å². The Morgan fingerprint density at radius 1 is 1.20 bits per heavy atom. The van der Waals surface area contributed by atoms with Gasteiger partial charge in [0.15, 0.2) is 0 Å². The molecule has 0 unspecified atom stereocenters. The van der Waals surface area contributed by atoms with E-state index in [1.165, 1.54) is 0 Å². The minimum atomic E-state index is 0.615. The van der Waals surface area contributed by atoms with E-state index in [2.05, 4.69) is 23.2 Å². The monoisotopic (exact) mass is 256 g/mol. The lowest BCUT2D eigenvalue weighted by atomic mass is 10.2. The summed E-state index contributed by atoms with van der Waals surface area (Å²) in [5.41, 5.74) is 0. The van der Waals surface area contributed by atoms with E-state index in [1.807, 2.05) is 11.8 Å². The Kier molecular flexibility index (Phi) is 13.1. The molecule has 0 aliphatic heterocycles. The lowest BCUT2D eigenvalue weighted by molar-refractivity contribution is -0.432. The molecule has 0 fully saturated rings. The van der Waals surface area contributed by atoms with Gasteiger partial charge in [0.2, 0.25) is 0 Å². The van der Waals surface area contributed by atoms with Gasteiger partial charge in [-0.05, 0) is 18.1 Å². The molecule has 0 saturated heterocycles. The fourth-order valence-corrected chi connectivity index (χ4v) is 2.21. The molecule has 15 heavy (non-hydrogen) atoms. The van der Waals surface area contributed by atoms with Crippen LogP contribution in [0.4, 0.5) is 0 Å². The van der Waals surface area contributed by atoms with Crippen LogP contribution in [0.1, 0.15) is 20.3 Å². The van der Waals surface area contributed by atoms with Crippen LogP contribution in [0.25, 0.3) is 0 Å². The highest BCUT2D eigenvalue weighted by molar-refractivity contribution is 8.01. The standard InChI is InChI=1S/C9H20O4S2/c1-9(2)8-11-4-3-5-14-6-7-15-13-12-10/h9-10H,3-8H2,1-2H3. The van der Waals surface area contributed by atoms with Crippen LogP contribution in [-0.2, 0) is 14.1 Å². The van der Waals surface area contributed by atoms with E-state index in [0.29, 0.717) is 5.92 Å². The van der Waals surface area contributed by atoms with Crippen LogP contribution in [0.15, 0.2) is 0 Å². The predicted molar refractivity (Wildman–Crippen MR) is 64.9 cm³/mol. The molecule has 4 nitrogen and oxygen atoms in total. The van der Waals surface area contributed by atoms with Gasteiger partial charge in [-0.3, -0.25) is 0 Å². The van der Waals surface area contributed by atoms with Crippen molar-refractivity contribution in [2.24, 2.45) is 5.92 Å². The molecule has 0 radical (unpaired) electrons. The van der Waals surface area contributed by atoms with E-state index in [-0.39, 0.29) is 0 Å². The van der Waals surface area contributed by atoms with Crippen molar-refractivity contribution in [3.63, 3.8) is 0 Å². The Hall–Kier alpha value is 0.540. The van der Waals surface area contributed by atoms with E-state index in [1.54, 1.807) is 0 Å². The maximum Gasteiger partial charge on any atom is 0.0488 e. The summed E-state index contributed by atoms with van der Waals surface area (Å²) in [5, 5.41) is 11.3. The van der Waals surface area contributed by atoms with E-state index in [0.717, 1.165) is 48.9 Å². The molecule has 0 bridgehead atoms. The molecule has 1 N–H and O–H groups in total. The van der Waals surface area contributed by atoms with Crippen molar-refractivity contribution in [2.45, 2.75) is 20.3 Å². The second-order valence-corrected chi connectivity index (χ2v) is 5.40. The van der Waals surface area contributed by atoms with Crippen LogP contribution in [0, 0.1) is 5.92 Å². The molecule has 0 saturated carbocycles. The topological polar surface area (TPSA) is 47.9 Å². The number of hydrogen-bond donors (Lipinski definition) is 1. The zero-order valence-corrected chi connectivity index (χ0v) is 10.9. The van der Waals surface area contributed by atoms with Crippen molar-refractivity contribution in [3.8, 4) is 0 Å². The van der Waals surface area contributed by atoms with Crippen molar-refractivity contribution in [2.75, 3.05) is 30.5 Å². The van der Waals surface area contributed by atoms with Crippen LogP contribution >= 0.6 is 23.8 Å². The highest BCUT2D eigenvalue weighted by Crippen LogP contribution is 2.09. The number of ether oxygens (including phenoxy) is 1. The van der Waals surface area contributed by atoms with Gasteiger partial charge in [0, 0.05) is 36.8 Å². The normalized spacial score (nSPS) is 11.2. The molecular formula is C9H20O4S2. The Morgan fingerprint density at radius 2 is 2.00 bits per heavy atom. The van der Waals surface area contributed by atoms with Crippen LogP contribution in [0.5, 0.6) is 0 Å². The third kappa shape index (κ3) is 14.5. The highest BCUT2D eigenvalue weighted by atomic mass is 32.2. The first-order valence-electron chi connectivity index (χ1n) is 5.02. The maximum atomic E-state index is 7.84. The van der Waals surface area contributed by atoms with Crippen molar-refractivity contribution in [1.82, 2.24) is 0 Å². The minimum absolute atomic E-state index is 0.615. The van der Waals surface area contributed by atoms with Crippen molar-refractivity contribution in [3.05, 3.63) is 0 Å². The van der Waals surface area contributed by atoms with Gasteiger partial charge in [-0.1, -0.05) is 18.9 Å². The summed E-state index contributed by atoms with van der Waals surface area (Å²) < 4.78 is 9.68. The molecule has 0 aliphatic carbocycles. The van der Waals surface area contributed by atoms with Crippen LogP contribution in [0.2, 0.25) is 0 Å². The zero-order chi connectivity index (χ0) is 11.4. The van der Waals surface area contributed by atoms with Crippen LogP contribution in [-0.4, -0.2) is 35.7 Å². The second kappa shape index (κ2) is 12.6. The Balaban J connectivity index is 2.87. The number of hydrogen-bond acceptors (Lipinski definition) is 6.